The molecule has 2 rings (SSSR count). The van der Waals surface area contributed by atoms with Crippen LogP contribution in [0, 0.1) is 0 Å². The Morgan fingerprint density at radius 1 is 1.22 bits per heavy atom. The molecule has 0 aliphatic rings. The Balaban J connectivity index is 1.78. The van der Waals surface area contributed by atoms with E-state index < -0.39 is 0 Å². The van der Waals surface area contributed by atoms with Crippen LogP contribution in [0.4, 0.5) is 0 Å². The molecule has 23 heavy (non-hydrogen) atoms. The van der Waals surface area contributed by atoms with Crippen LogP contribution in [-0.4, -0.2) is 32.2 Å². The van der Waals surface area contributed by atoms with Gasteiger partial charge in [0.15, 0.2) is 0 Å². The minimum atomic E-state index is -0.0787. The molecule has 1 N–H and O–H groups in total. The second-order valence-corrected chi connectivity index (χ2v) is 5.83. The van der Waals surface area contributed by atoms with E-state index in [9.17, 15) is 4.79 Å². The summed E-state index contributed by atoms with van der Waals surface area (Å²) in [5.41, 5.74) is 0.892. The second kappa shape index (κ2) is 9.02. The van der Waals surface area contributed by atoms with Gasteiger partial charge in [0.25, 0.3) is 0 Å². The lowest BCUT2D eigenvalue weighted by atomic mass is 10.1. The maximum atomic E-state index is 12.0. The first-order valence-corrected chi connectivity index (χ1v) is 8.31. The zero-order chi connectivity index (χ0) is 16.5. The molecular weight excluding hydrogens is 290 g/mol. The molecule has 1 heterocycles. The molecule has 6 heteroatoms. The first-order chi connectivity index (χ1) is 11.2. The van der Waals surface area contributed by atoms with Gasteiger partial charge in [0.05, 0.1) is 0 Å². The number of hydrogen-bond donors (Lipinski definition) is 1. The Labute approximate surface area is 137 Å². The lowest BCUT2D eigenvalue weighted by Gasteiger charge is -2.13. The van der Waals surface area contributed by atoms with Gasteiger partial charge in [0, 0.05) is 11.6 Å². The van der Waals surface area contributed by atoms with E-state index in [1.807, 2.05) is 37.3 Å². The normalized spacial score (nSPS) is 12.1. The molecule has 2 aromatic rings. The molecular formula is C17H25N5O. The van der Waals surface area contributed by atoms with Gasteiger partial charge in [-0.25, -0.2) is 0 Å². The summed E-state index contributed by atoms with van der Waals surface area (Å²) in [4.78, 5) is 13.4. The number of hydrogen-bond acceptors (Lipinski definition) is 4. The fourth-order valence-electron chi connectivity index (χ4n) is 2.41. The van der Waals surface area contributed by atoms with Gasteiger partial charge in [0.2, 0.25) is 11.7 Å². The van der Waals surface area contributed by atoms with Crippen LogP contribution in [0.1, 0.15) is 46.0 Å². The fraction of sp³-hybridized carbons (Fsp3) is 0.529. The smallest absolute Gasteiger partial charge is 0.243 e. The van der Waals surface area contributed by atoms with Crippen molar-refractivity contribution in [2.75, 3.05) is 0 Å². The highest BCUT2D eigenvalue weighted by Gasteiger charge is 2.11. The zero-order valence-electron chi connectivity index (χ0n) is 13.9. The minimum absolute atomic E-state index is 0.0787. The number of benzene rings is 1. The third-order valence-corrected chi connectivity index (χ3v) is 3.67. The predicted octanol–water partition coefficient (Wildman–Crippen LogP) is 2.82. The van der Waals surface area contributed by atoms with Crippen molar-refractivity contribution in [2.24, 2.45) is 0 Å². The first-order valence-electron chi connectivity index (χ1n) is 8.31. The molecule has 0 aliphatic heterocycles. The van der Waals surface area contributed by atoms with E-state index in [4.69, 9.17) is 0 Å². The number of carbonyl (C=O) groups is 1. The molecule has 1 amide bonds. The summed E-state index contributed by atoms with van der Waals surface area (Å²) in [5, 5.41) is 15.2. The summed E-state index contributed by atoms with van der Waals surface area (Å²) >= 11 is 0. The van der Waals surface area contributed by atoms with Crippen LogP contribution in [0.25, 0.3) is 11.4 Å². The number of nitrogens with one attached hydrogen (secondary N) is 1. The van der Waals surface area contributed by atoms with Crippen molar-refractivity contribution in [1.29, 1.82) is 0 Å². The van der Waals surface area contributed by atoms with Gasteiger partial charge in [-0.2, -0.15) is 4.80 Å². The highest BCUT2D eigenvalue weighted by molar-refractivity contribution is 5.75. The SMILES string of the molecule is CCCCCC[C@H](C)NC(=O)Cn1nnc(-c2ccccc2)n1. The summed E-state index contributed by atoms with van der Waals surface area (Å²) in [7, 11) is 0. The van der Waals surface area contributed by atoms with Crippen LogP contribution >= 0.6 is 0 Å². The zero-order valence-corrected chi connectivity index (χ0v) is 13.9. The number of rotatable bonds is 9. The molecule has 1 aromatic heterocycles. The standard InChI is InChI=1S/C17H25N5O/c1-3-4-5-7-10-14(2)18-16(23)13-22-20-17(19-21-22)15-11-8-6-9-12-15/h6,8-9,11-12,14H,3-5,7,10,13H2,1-2H3,(H,18,23)/t14-/m0/s1. The molecule has 0 bridgehead atoms. The molecule has 0 spiro atoms. The summed E-state index contributed by atoms with van der Waals surface area (Å²) in [6.45, 7) is 4.33. The average molecular weight is 315 g/mol. The van der Waals surface area contributed by atoms with Crippen molar-refractivity contribution >= 4 is 5.91 Å². The number of tetrazole rings is 1. The first kappa shape index (κ1) is 17.1. The van der Waals surface area contributed by atoms with Crippen LogP contribution in [0.3, 0.4) is 0 Å². The topological polar surface area (TPSA) is 72.7 Å². The van der Waals surface area contributed by atoms with Gasteiger partial charge in [-0.3, -0.25) is 4.79 Å². The molecule has 1 atom stereocenters. The third kappa shape index (κ3) is 5.81. The van der Waals surface area contributed by atoms with E-state index in [0.29, 0.717) is 5.82 Å². The van der Waals surface area contributed by atoms with E-state index in [0.717, 1.165) is 18.4 Å². The fourth-order valence-corrected chi connectivity index (χ4v) is 2.41. The maximum Gasteiger partial charge on any atom is 0.243 e. The van der Waals surface area contributed by atoms with Crippen molar-refractivity contribution in [3.8, 4) is 11.4 Å². The summed E-state index contributed by atoms with van der Waals surface area (Å²) in [6, 6.07) is 9.78. The predicted molar refractivity (Wildman–Crippen MR) is 89.6 cm³/mol. The number of aromatic nitrogens is 4. The van der Waals surface area contributed by atoms with E-state index in [1.54, 1.807) is 0 Å². The monoisotopic (exact) mass is 315 g/mol. The van der Waals surface area contributed by atoms with Crippen LogP contribution < -0.4 is 5.32 Å². The summed E-state index contributed by atoms with van der Waals surface area (Å²) in [5.74, 6) is 0.455. The van der Waals surface area contributed by atoms with Gasteiger partial charge in [-0.15, -0.1) is 10.2 Å². The summed E-state index contributed by atoms with van der Waals surface area (Å²) < 4.78 is 0. The van der Waals surface area contributed by atoms with Gasteiger partial charge in [-0.1, -0.05) is 62.9 Å². The Morgan fingerprint density at radius 2 is 2.00 bits per heavy atom. The number of nitrogens with zero attached hydrogens (tertiary/aromatic N) is 4. The molecule has 0 fully saturated rings. The molecule has 0 unspecified atom stereocenters. The van der Waals surface area contributed by atoms with E-state index in [1.165, 1.54) is 24.1 Å². The number of unbranched alkanes of at least 4 members (excludes halogenated alkanes) is 3. The van der Waals surface area contributed by atoms with E-state index in [2.05, 4.69) is 27.7 Å². The Bertz CT molecular complexity index is 596. The molecule has 6 nitrogen and oxygen atoms in total. The van der Waals surface area contributed by atoms with Gasteiger partial charge < -0.3 is 5.32 Å². The third-order valence-electron chi connectivity index (χ3n) is 3.67. The average Bonchev–Trinajstić information content (AvgIpc) is 3.00. The maximum absolute atomic E-state index is 12.0. The molecule has 0 saturated carbocycles. The molecule has 0 radical (unpaired) electrons. The quantitative estimate of drug-likeness (QED) is 0.722. The highest BCUT2D eigenvalue weighted by atomic mass is 16.2. The lowest BCUT2D eigenvalue weighted by Crippen LogP contribution is -2.35. The van der Waals surface area contributed by atoms with Gasteiger partial charge >= 0.3 is 0 Å². The second-order valence-electron chi connectivity index (χ2n) is 5.83. The highest BCUT2D eigenvalue weighted by Crippen LogP contribution is 2.11. The van der Waals surface area contributed by atoms with Crippen molar-refractivity contribution < 1.29 is 4.79 Å². The molecule has 124 valence electrons. The van der Waals surface area contributed by atoms with Crippen molar-refractivity contribution in [2.45, 2.75) is 58.5 Å². The largest absolute Gasteiger partial charge is 0.352 e. The molecule has 1 aromatic carbocycles. The van der Waals surface area contributed by atoms with Crippen LogP contribution in [0.5, 0.6) is 0 Å². The minimum Gasteiger partial charge on any atom is -0.352 e. The summed E-state index contributed by atoms with van der Waals surface area (Å²) in [6.07, 6.45) is 5.86. The molecule has 0 saturated heterocycles. The van der Waals surface area contributed by atoms with Gasteiger partial charge in [-0.05, 0) is 18.6 Å². The Hall–Kier alpha value is -2.24. The number of carbonyl (C=O) groups excluding carboxylic acids is 1. The van der Waals surface area contributed by atoms with Gasteiger partial charge in [0.1, 0.15) is 6.54 Å². The van der Waals surface area contributed by atoms with Crippen molar-refractivity contribution in [3.05, 3.63) is 30.3 Å². The van der Waals surface area contributed by atoms with E-state index >= 15 is 0 Å². The number of amides is 1. The van der Waals surface area contributed by atoms with Crippen molar-refractivity contribution in [3.63, 3.8) is 0 Å². The Morgan fingerprint density at radius 3 is 2.74 bits per heavy atom. The van der Waals surface area contributed by atoms with Crippen LogP contribution in [0.2, 0.25) is 0 Å². The van der Waals surface area contributed by atoms with E-state index in [-0.39, 0.29) is 18.5 Å². The molecule has 0 aliphatic carbocycles. The van der Waals surface area contributed by atoms with Crippen molar-refractivity contribution in [1.82, 2.24) is 25.5 Å². The Kier molecular flexibility index (Phi) is 6.72. The lowest BCUT2D eigenvalue weighted by molar-refractivity contribution is -0.122. The van der Waals surface area contributed by atoms with Crippen LogP contribution in [0.15, 0.2) is 30.3 Å². The van der Waals surface area contributed by atoms with Crippen LogP contribution in [-0.2, 0) is 11.3 Å².